The van der Waals surface area contributed by atoms with Crippen molar-refractivity contribution < 1.29 is 33.4 Å². The van der Waals surface area contributed by atoms with Crippen LogP contribution < -0.4 is 18.9 Å². The molecule has 8 nitrogen and oxygen atoms in total. The summed E-state index contributed by atoms with van der Waals surface area (Å²) in [6.07, 6.45) is 1.68. The molecule has 0 aliphatic rings. The van der Waals surface area contributed by atoms with Crippen LogP contribution in [0.2, 0.25) is 0 Å². The zero-order valence-corrected chi connectivity index (χ0v) is 19.9. The molecule has 0 spiro atoms. The Morgan fingerprint density at radius 2 is 1.62 bits per heavy atom. The van der Waals surface area contributed by atoms with Crippen molar-refractivity contribution in [3.05, 3.63) is 52.4 Å². The second kappa shape index (κ2) is 11.7. The van der Waals surface area contributed by atoms with Gasteiger partial charge in [-0.3, -0.25) is 9.69 Å². The number of carboxylic acids is 1. The molecule has 2 unspecified atom stereocenters. The Hall–Kier alpha value is -2.88. The summed E-state index contributed by atoms with van der Waals surface area (Å²) in [5.74, 6) is 1.30. The van der Waals surface area contributed by atoms with Gasteiger partial charge in [0.25, 0.3) is 0 Å². The monoisotopic (exact) mass is 463 g/mol. The number of carboxylic acid groups (broad SMARTS) is 1. The molecule has 0 fully saturated rings. The molecule has 32 heavy (non-hydrogen) atoms. The molecule has 0 aliphatic carbocycles. The number of hydrogen-bond donors (Lipinski definition) is 1. The first-order valence-electron chi connectivity index (χ1n) is 9.67. The summed E-state index contributed by atoms with van der Waals surface area (Å²) in [6, 6.07) is 7.74. The first kappa shape index (κ1) is 25.4. The summed E-state index contributed by atoms with van der Waals surface area (Å²) in [7, 11) is 9.47. The lowest BCUT2D eigenvalue weighted by atomic mass is 10.0. The van der Waals surface area contributed by atoms with E-state index in [0.717, 1.165) is 5.56 Å². The van der Waals surface area contributed by atoms with E-state index in [2.05, 4.69) is 0 Å². The quantitative estimate of drug-likeness (QED) is 0.507. The SMILES string of the molecule is COc1cc(OC)c(/C=C/[S+]([O-])Cc2ccc(OC)c(C(C(=O)O)N(C)C)c2)c(OC)c1. The molecule has 9 heteroatoms. The van der Waals surface area contributed by atoms with Crippen LogP contribution in [0.15, 0.2) is 35.7 Å². The lowest BCUT2D eigenvalue weighted by Crippen LogP contribution is -2.28. The van der Waals surface area contributed by atoms with E-state index in [1.54, 1.807) is 67.9 Å². The highest BCUT2D eigenvalue weighted by Crippen LogP contribution is 2.35. The van der Waals surface area contributed by atoms with Gasteiger partial charge in [0.15, 0.2) is 0 Å². The predicted octanol–water partition coefficient (Wildman–Crippen LogP) is 3.33. The minimum atomic E-state index is -1.38. The Morgan fingerprint density at radius 3 is 2.09 bits per heavy atom. The third-order valence-electron chi connectivity index (χ3n) is 4.79. The number of carbonyl (C=O) groups is 1. The summed E-state index contributed by atoms with van der Waals surface area (Å²) in [5.41, 5.74) is 1.87. The van der Waals surface area contributed by atoms with Crippen LogP contribution in [0.5, 0.6) is 23.0 Å². The highest BCUT2D eigenvalue weighted by atomic mass is 32.2. The Balaban J connectivity index is 2.31. The van der Waals surface area contributed by atoms with Crippen molar-refractivity contribution in [1.29, 1.82) is 0 Å². The standard InChI is InChI=1S/C23H29NO7S/c1-24(2)22(23(25)26)18-11-15(7-8-19(18)29-4)14-32(27)10-9-17-20(30-5)12-16(28-3)13-21(17)31-6/h7-13,22H,14H2,1-6H3,(H,25,26)/b10-9+. The van der Waals surface area contributed by atoms with Gasteiger partial charge in [0.05, 0.1) is 34.0 Å². The van der Waals surface area contributed by atoms with E-state index in [0.29, 0.717) is 34.1 Å². The van der Waals surface area contributed by atoms with Crippen molar-refractivity contribution in [2.24, 2.45) is 0 Å². The van der Waals surface area contributed by atoms with Crippen LogP contribution in [0.4, 0.5) is 0 Å². The molecule has 0 bridgehead atoms. The molecule has 2 rings (SSSR count). The van der Waals surface area contributed by atoms with Crippen LogP contribution in [0.25, 0.3) is 6.08 Å². The van der Waals surface area contributed by atoms with Crippen molar-refractivity contribution in [2.45, 2.75) is 11.8 Å². The highest BCUT2D eigenvalue weighted by Gasteiger charge is 2.26. The van der Waals surface area contributed by atoms with Gasteiger partial charge in [0.1, 0.15) is 40.2 Å². The molecule has 0 radical (unpaired) electrons. The van der Waals surface area contributed by atoms with Crippen LogP contribution in [0.3, 0.4) is 0 Å². The van der Waals surface area contributed by atoms with Crippen LogP contribution in [-0.2, 0) is 21.7 Å². The molecule has 0 amide bonds. The molecule has 0 saturated heterocycles. The van der Waals surface area contributed by atoms with Gasteiger partial charge < -0.3 is 28.6 Å². The fourth-order valence-corrected chi connectivity index (χ4v) is 4.16. The lowest BCUT2D eigenvalue weighted by molar-refractivity contribution is -0.142. The zero-order valence-electron chi connectivity index (χ0n) is 19.1. The van der Waals surface area contributed by atoms with E-state index in [1.165, 1.54) is 21.3 Å². The zero-order chi connectivity index (χ0) is 23.8. The number of ether oxygens (including phenoxy) is 4. The normalized spacial score (nSPS) is 13.1. The third-order valence-corrected chi connectivity index (χ3v) is 5.85. The molecule has 174 valence electrons. The average molecular weight is 464 g/mol. The largest absolute Gasteiger partial charge is 0.612 e. The average Bonchev–Trinajstić information content (AvgIpc) is 2.76. The molecule has 2 aromatic carbocycles. The van der Waals surface area contributed by atoms with Crippen LogP contribution in [0, 0.1) is 0 Å². The molecule has 0 aromatic heterocycles. The fourth-order valence-electron chi connectivity index (χ4n) is 3.27. The van der Waals surface area contributed by atoms with E-state index in [9.17, 15) is 14.5 Å². The molecule has 0 saturated carbocycles. The summed E-state index contributed by atoms with van der Waals surface area (Å²) in [6.45, 7) is 0. The summed E-state index contributed by atoms with van der Waals surface area (Å²) in [5, 5.41) is 11.2. The first-order chi connectivity index (χ1) is 15.2. The smallest absolute Gasteiger partial charge is 0.325 e. The number of hydrogen-bond acceptors (Lipinski definition) is 7. The maximum atomic E-state index is 12.8. The van der Waals surface area contributed by atoms with Gasteiger partial charge >= 0.3 is 5.97 Å². The maximum absolute atomic E-state index is 12.8. The van der Waals surface area contributed by atoms with E-state index < -0.39 is 23.2 Å². The minimum absolute atomic E-state index is 0.202. The van der Waals surface area contributed by atoms with Gasteiger partial charge in [0, 0.05) is 29.3 Å². The Bertz CT molecular complexity index is 936. The summed E-state index contributed by atoms with van der Waals surface area (Å²) < 4.78 is 34.2. The number of nitrogens with zero attached hydrogens (tertiary/aromatic N) is 1. The topological polar surface area (TPSA) is 101 Å². The van der Waals surface area contributed by atoms with Gasteiger partial charge in [-0.05, 0) is 37.4 Å². The molecular formula is C23H29NO7S. The lowest BCUT2D eigenvalue weighted by Gasteiger charge is -2.23. The number of methoxy groups -OCH3 is 4. The summed E-state index contributed by atoms with van der Waals surface area (Å²) in [4.78, 5) is 13.4. The van der Waals surface area contributed by atoms with Gasteiger partial charge in [-0.1, -0.05) is 6.07 Å². The van der Waals surface area contributed by atoms with Gasteiger partial charge in [-0.25, -0.2) is 0 Å². The van der Waals surface area contributed by atoms with Crippen molar-refractivity contribution in [2.75, 3.05) is 42.5 Å². The second-order valence-electron chi connectivity index (χ2n) is 7.05. The van der Waals surface area contributed by atoms with Gasteiger partial charge in [-0.15, -0.1) is 0 Å². The third kappa shape index (κ3) is 6.09. The Labute approximate surface area is 191 Å². The van der Waals surface area contributed by atoms with Crippen LogP contribution >= 0.6 is 0 Å². The fraction of sp³-hybridized carbons (Fsp3) is 0.348. The molecule has 2 aromatic rings. The number of aliphatic carboxylic acids is 1. The van der Waals surface area contributed by atoms with E-state index in [1.807, 2.05) is 0 Å². The number of rotatable bonds is 11. The highest BCUT2D eigenvalue weighted by molar-refractivity contribution is 7.93. The first-order valence-corrected chi connectivity index (χ1v) is 11.0. The van der Waals surface area contributed by atoms with E-state index in [4.69, 9.17) is 18.9 Å². The number of likely N-dealkylation sites (N-methyl/N-ethyl adjacent to an activating group) is 1. The molecule has 0 aliphatic heterocycles. The van der Waals surface area contributed by atoms with Crippen molar-refractivity contribution >= 4 is 23.2 Å². The van der Waals surface area contributed by atoms with Crippen LogP contribution in [0.1, 0.15) is 22.7 Å². The maximum Gasteiger partial charge on any atom is 0.325 e. The van der Waals surface area contributed by atoms with Crippen LogP contribution in [-0.4, -0.2) is 63.1 Å². The molecule has 2 atom stereocenters. The summed E-state index contributed by atoms with van der Waals surface area (Å²) >= 11 is -1.38. The Morgan fingerprint density at radius 1 is 1.03 bits per heavy atom. The molecule has 1 N–H and O–H groups in total. The number of benzene rings is 2. The van der Waals surface area contributed by atoms with Crippen molar-refractivity contribution in [3.63, 3.8) is 0 Å². The van der Waals surface area contributed by atoms with Gasteiger partial charge in [0.2, 0.25) is 0 Å². The van der Waals surface area contributed by atoms with E-state index >= 15 is 0 Å². The Kier molecular flexibility index (Phi) is 9.25. The van der Waals surface area contributed by atoms with Crippen molar-refractivity contribution in [3.8, 4) is 23.0 Å². The second-order valence-corrected chi connectivity index (χ2v) is 8.38. The van der Waals surface area contributed by atoms with E-state index in [-0.39, 0.29) is 5.75 Å². The molecular weight excluding hydrogens is 434 g/mol. The minimum Gasteiger partial charge on any atom is -0.612 e. The predicted molar refractivity (Wildman–Crippen MR) is 124 cm³/mol. The molecule has 0 heterocycles. The van der Waals surface area contributed by atoms with Gasteiger partial charge in [-0.2, -0.15) is 0 Å². The van der Waals surface area contributed by atoms with Crippen molar-refractivity contribution in [1.82, 2.24) is 4.90 Å².